The number of aliphatic hydroxyl groups excluding tert-OH is 1. The summed E-state index contributed by atoms with van der Waals surface area (Å²) in [5.41, 5.74) is 3.57. The van der Waals surface area contributed by atoms with Crippen molar-refractivity contribution >= 4 is 11.7 Å². The molecule has 5 heteroatoms. The van der Waals surface area contributed by atoms with Gasteiger partial charge < -0.3 is 15.7 Å². The highest BCUT2D eigenvalue weighted by Crippen LogP contribution is 2.15. The molecule has 1 atom stereocenters. The van der Waals surface area contributed by atoms with Crippen molar-refractivity contribution in [2.45, 2.75) is 26.5 Å². The van der Waals surface area contributed by atoms with Crippen molar-refractivity contribution in [1.29, 1.82) is 0 Å². The molecule has 110 valence electrons. The summed E-state index contributed by atoms with van der Waals surface area (Å²) in [7, 11) is 0. The van der Waals surface area contributed by atoms with Gasteiger partial charge in [-0.25, -0.2) is 4.79 Å². The van der Waals surface area contributed by atoms with E-state index in [1.54, 1.807) is 43.6 Å². The summed E-state index contributed by atoms with van der Waals surface area (Å²) in [6, 6.07) is 8.71. The van der Waals surface area contributed by atoms with Crippen LogP contribution >= 0.6 is 0 Å². The number of aliphatic hydroxyl groups is 1. The molecule has 1 aromatic carbocycles. The molecule has 1 unspecified atom stereocenters. The van der Waals surface area contributed by atoms with E-state index >= 15 is 0 Å². The van der Waals surface area contributed by atoms with Gasteiger partial charge in [-0.05, 0) is 48.7 Å². The van der Waals surface area contributed by atoms with Crippen LogP contribution < -0.4 is 10.6 Å². The largest absolute Gasteiger partial charge is 0.389 e. The van der Waals surface area contributed by atoms with Gasteiger partial charge in [0.15, 0.2) is 0 Å². The summed E-state index contributed by atoms with van der Waals surface area (Å²) in [6.07, 6.45) is 2.96. The maximum Gasteiger partial charge on any atom is 0.319 e. The fourth-order valence-electron chi connectivity index (χ4n) is 1.90. The predicted molar refractivity (Wildman–Crippen MR) is 81.9 cm³/mol. The third-order valence-electron chi connectivity index (χ3n) is 3.23. The molecule has 2 amide bonds. The molecule has 0 radical (unpaired) electrons. The predicted octanol–water partition coefficient (Wildman–Crippen LogP) is 2.77. The first-order valence-electron chi connectivity index (χ1n) is 6.78. The Bertz CT molecular complexity index is 609. The molecule has 0 bridgehead atoms. The number of aryl methyl sites for hydroxylation is 1. The molecule has 5 nitrogen and oxygen atoms in total. The van der Waals surface area contributed by atoms with Crippen LogP contribution in [0.3, 0.4) is 0 Å². The van der Waals surface area contributed by atoms with Gasteiger partial charge in [0.1, 0.15) is 0 Å². The highest BCUT2D eigenvalue weighted by Gasteiger charge is 2.04. The fourth-order valence-corrected chi connectivity index (χ4v) is 1.90. The Hall–Kier alpha value is -2.40. The molecule has 2 aromatic rings. The Balaban J connectivity index is 1.88. The quantitative estimate of drug-likeness (QED) is 0.808. The number of nitrogens with one attached hydrogen (secondary N) is 2. The van der Waals surface area contributed by atoms with Crippen LogP contribution in [0, 0.1) is 6.92 Å². The van der Waals surface area contributed by atoms with Crippen molar-refractivity contribution in [2.24, 2.45) is 0 Å². The Morgan fingerprint density at radius 1 is 1.29 bits per heavy atom. The zero-order valence-electron chi connectivity index (χ0n) is 12.1. The third kappa shape index (κ3) is 4.29. The van der Waals surface area contributed by atoms with E-state index in [9.17, 15) is 9.90 Å². The van der Waals surface area contributed by atoms with Crippen molar-refractivity contribution in [3.63, 3.8) is 0 Å². The van der Waals surface area contributed by atoms with E-state index in [1.807, 2.05) is 13.0 Å². The van der Waals surface area contributed by atoms with Gasteiger partial charge in [-0.2, -0.15) is 0 Å². The van der Waals surface area contributed by atoms with E-state index < -0.39 is 6.10 Å². The van der Waals surface area contributed by atoms with Crippen molar-refractivity contribution in [3.05, 3.63) is 59.4 Å². The molecule has 1 heterocycles. The van der Waals surface area contributed by atoms with Gasteiger partial charge in [0, 0.05) is 24.6 Å². The van der Waals surface area contributed by atoms with E-state index in [2.05, 4.69) is 15.6 Å². The molecule has 3 N–H and O–H groups in total. The van der Waals surface area contributed by atoms with Crippen LogP contribution in [0.1, 0.15) is 29.7 Å². The van der Waals surface area contributed by atoms with Crippen LogP contribution in [0.25, 0.3) is 0 Å². The molecule has 0 saturated carbocycles. The Labute approximate surface area is 124 Å². The lowest BCUT2D eigenvalue weighted by molar-refractivity contribution is 0.199. The Kier molecular flexibility index (Phi) is 4.90. The molecule has 0 aliphatic rings. The second-order valence-electron chi connectivity index (χ2n) is 4.91. The van der Waals surface area contributed by atoms with E-state index in [0.29, 0.717) is 12.2 Å². The fraction of sp³-hybridized carbons (Fsp3) is 0.250. The standard InChI is InChI=1S/C16H19N3O2/c1-11-9-17-8-7-14(11)10-18-16(21)19-15-5-3-13(4-6-15)12(2)20/h3-9,12,20H,10H2,1-2H3,(H2,18,19,21). The molecule has 0 saturated heterocycles. The highest BCUT2D eigenvalue weighted by atomic mass is 16.3. The van der Waals surface area contributed by atoms with Gasteiger partial charge >= 0.3 is 6.03 Å². The Morgan fingerprint density at radius 3 is 2.62 bits per heavy atom. The number of carbonyl (C=O) groups excluding carboxylic acids is 1. The topological polar surface area (TPSA) is 74.2 Å². The monoisotopic (exact) mass is 285 g/mol. The number of amides is 2. The number of nitrogens with zero attached hydrogens (tertiary/aromatic N) is 1. The SMILES string of the molecule is Cc1cnccc1CNC(=O)Nc1ccc(C(C)O)cc1. The molecule has 0 spiro atoms. The summed E-state index contributed by atoms with van der Waals surface area (Å²) >= 11 is 0. The van der Waals surface area contributed by atoms with Crippen LogP contribution in [0.2, 0.25) is 0 Å². The zero-order chi connectivity index (χ0) is 15.2. The van der Waals surface area contributed by atoms with Crippen LogP contribution in [0.15, 0.2) is 42.7 Å². The molecule has 0 aliphatic carbocycles. The van der Waals surface area contributed by atoms with E-state index in [4.69, 9.17) is 0 Å². The first-order chi connectivity index (χ1) is 10.1. The lowest BCUT2D eigenvalue weighted by Gasteiger charge is -2.10. The van der Waals surface area contributed by atoms with Crippen molar-refractivity contribution in [3.8, 4) is 0 Å². The van der Waals surface area contributed by atoms with Crippen molar-refractivity contribution < 1.29 is 9.90 Å². The van der Waals surface area contributed by atoms with Gasteiger partial charge in [-0.1, -0.05) is 12.1 Å². The van der Waals surface area contributed by atoms with Gasteiger partial charge in [-0.15, -0.1) is 0 Å². The lowest BCUT2D eigenvalue weighted by Crippen LogP contribution is -2.28. The number of anilines is 1. The van der Waals surface area contributed by atoms with Gasteiger partial charge in [0.2, 0.25) is 0 Å². The van der Waals surface area contributed by atoms with Crippen molar-refractivity contribution in [1.82, 2.24) is 10.3 Å². The molecule has 1 aromatic heterocycles. The van der Waals surface area contributed by atoms with Crippen LogP contribution in [-0.2, 0) is 6.54 Å². The smallest absolute Gasteiger partial charge is 0.319 e. The molecule has 0 aliphatic heterocycles. The number of urea groups is 1. The van der Waals surface area contributed by atoms with E-state index in [0.717, 1.165) is 16.7 Å². The number of benzene rings is 1. The van der Waals surface area contributed by atoms with Crippen LogP contribution in [0.4, 0.5) is 10.5 Å². The summed E-state index contributed by atoms with van der Waals surface area (Å²) in [5, 5.41) is 15.0. The summed E-state index contributed by atoms with van der Waals surface area (Å²) in [5.74, 6) is 0. The number of hydrogen-bond donors (Lipinski definition) is 3. The van der Waals surface area contributed by atoms with Gasteiger partial charge in [-0.3, -0.25) is 4.98 Å². The first-order valence-corrected chi connectivity index (χ1v) is 6.78. The van der Waals surface area contributed by atoms with E-state index in [1.165, 1.54) is 0 Å². The third-order valence-corrected chi connectivity index (χ3v) is 3.23. The van der Waals surface area contributed by atoms with E-state index in [-0.39, 0.29) is 6.03 Å². The Morgan fingerprint density at radius 2 is 2.00 bits per heavy atom. The second-order valence-corrected chi connectivity index (χ2v) is 4.91. The maximum atomic E-state index is 11.8. The average molecular weight is 285 g/mol. The normalized spacial score (nSPS) is 11.8. The molecular formula is C16H19N3O2. The zero-order valence-corrected chi connectivity index (χ0v) is 12.1. The molecule has 0 fully saturated rings. The number of carbonyl (C=O) groups is 1. The minimum atomic E-state index is -0.512. The van der Waals surface area contributed by atoms with Crippen molar-refractivity contribution in [2.75, 3.05) is 5.32 Å². The van der Waals surface area contributed by atoms with Crippen LogP contribution in [0.5, 0.6) is 0 Å². The molecular weight excluding hydrogens is 266 g/mol. The summed E-state index contributed by atoms with van der Waals surface area (Å²) in [6.45, 7) is 4.11. The van der Waals surface area contributed by atoms with Gasteiger partial charge in [0.25, 0.3) is 0 Å². The number of hydrogen-bond acceptors (Lipinski definition) is 3. The van der Waals surface area contributed by atoms with Gasteiger partial charge in [0.05, 0.1) is 6.10 Å². The van der Waals surface area contributed by atoms with Crippen LogP contribution in [-0.4, -0.2) is 16.1 Å². The maximum absolute atomic E-state index is 11.8. The molecule has 2 rings (SSSR count). The number of pyridine rings is 1. The minimum Gasteiger partial charge on any atom is -0.389 e. The average Bonchev–Trinajstić information content (AvgIpc) is 2.47. The highest BCUT2D eigenvalue weighted by molar-refractivity contribution is 5.89. The second kappa shape index (κ2) is 6.85. The minimum absolute atomic E-state index is 0.268. The summed E-state index contributed by atoms with van der Waals surface area (Å²) < 4.78 is 0. The summed E-state index contributed by atoms with van der Waals surface area (Å²) in [4.78, 5) is 15.8. The molecule has 21 heavy (non-hydrogen) atoms. The number of rotatable bonds is 4. The number of aromatic nitrogens is 1. The first kappa shape index (κ1) is 15.0. The lowest BCUT2D eigenvalue weighted by atomic mass is 10.1.